The normalized spacial score (nSPS) is 20.0. The third-order valence-electron chi connectivity index (χ3n) is 6.05. The van der Waals surface area contributed by atoms with Crippen molar-refractivity contribution in [3.05, 3.63) is 30.3 Å². The SMILES string of the molecule is CCN(CC)c1ncc(-c2cc(NC)c(N3CC(C)N(C)C(C)C3)cc2F)cn1. The average molecular weight is 401 g/mol. The zero-order valence-corrected chi connectivity index (χ0v) is 18.4. The molecule has 2 atom stereocenters. The molecule has 2 heterocycles. The highest BCUT2D eigenvalue weighted by Gasteiger charge is 2.28. The summed E-state index contributed by atoms with van der Waals surface area (Å²) in [5.41, 5.74) is 3.01. The van der Waals surface area contributed by atoms with Gasteiger partial charge in [-0.3, -0.25) is 4.90 Å². The number of rotatable bonds is 6. The molecular weight excluding hydrogens is 367 g/mol. The minimum atomic E-state index is -0.252. The molecule has 1 N–H and O–H groups in total. The second-order valence-electron chi connectivity index (χ2n) is 7.81. The number of benzene rings is 1. The molecule has 0 radical (unpaired) electrons. The molecule has 1 aliphatic heterocycles. The van der Waals surface area contributed by atoms with Crippen LogP contribution >= 0.6 is 0 Å². The van der Waals surface area contributed by atoms with Crippen molar-refractivity contribution in [1.29, 1.82) is 0 Å². The van der Waals surface area contributed by atoms with Crippen molar-refractivity contribution in [2.24, 2.45) is 0 Å². The molecular formula is C22H33FN6. The fraction of sp³-hybridized carbons (Fsp3) is 0.545. The Hall–Kier alpha value is -2.41. The summed E-state index contributed by atoms with van der Waals surface area (Å²) in [6.07, 6.45) is 3.41. The number of halogens is 1. The molecule has 6 nitrogen and oxygen atoms in total. The predicted molar refractivity (Wildman–Crippen MR) is 119 cm³/mol. The number of nitrogens with zero attached hydrogens (tertiary/aromatic N) is 5. The van der Waals surface area contributed by atoms with Crippen LogP contribution in [0.25, 0.3) is 11.1 Å². The monoisotopic (exact) mass is 400 g/mol. The zero-order chi connectivity index (χ0) is 21.1. The Kier molecular flexibility index (Phi) is 6.57. The Bertz CT molecular complexity index is 809. The molecule has 0 aliphatic carbocycles. The number of hydrogen-bond donors (Lipinski definition) is 1. The maximum absolute atomic E-state index is 15.1. The maximum Gasteiger partial charge on any atom is 0.225 e. The molecule has 0 amide bonds. The maximum atomic E-state index is 15.1. The van der Waals surface area contributed by atoms with Gasteiger partial charge >= 0.3 is 0 Å². The standard InChI is InChI=1S/C22H33FN6/c1-7-28(8-2)22-25-11-17(12-26-22)18-9-20(24-5)21(10-19(18)23)29-13-15(3)27(6)16(4)14-29/h9-12,15-16,24H,7-8,13-14H2,1-6H3. The second kappa shape index (κ2) is 8.95. The highest BCUT2D eigenvalue weighted by atomic mass is 19.1. The van der Waals surface area contributed by atoms with Gasteiger partial charge in [-0.2, -0.15) is 0 Å². The van der Waals surface area contributed by atoms with Crippen LogP contribution in [0.4, 0.5) is 21.7 Å². The lowest BCUT2D eigenvalue weighted by Gasteiger charge is -2.44. The largest absolute Gasteiger partial charge is 0.386 e. The van der Waals surface area contributed by atoms with Gasteiger partial charge < -0.3 is 15.1 Å². The van der Waals surface area contributed by atoms with E-state index in [0.717, 1.165) is 37.6 Å². The molecule has 0 spiro atoms. The Morgan fingerprint density at radius 2 is 1.69 bits per heavy atom. The van der Waals surface area contributed by atoms with E-state index >= 15 is 4.39 Å². The lowest BCUT2D eigenvalue weighted by atomic mass is 10.0. The van der Waals surface area contributed by atoms with Gasteiger partial charge in [0.15, 0.2) is 0 Å². The number of likely N-dealkylation sites (N-methyl/N-ethyl adjacent to an activating group) is 1. The molecule has 2 unspecified atom stereocenters. The Labute approximate surface area is 173 Å². The highest BCUT2D eigenvalue weighted by Crippen LogP contribution is 2.35. The van der Waals surface area contributed by atoms with Crippen molar-refractivity contribution in [3.8, 4) is 11.1 Å². The summed E-state index contributed by atoms with van der Waals surface area (Å²) in [6, 6.07) is 4.33. The summed E-state index contributed by atoms with van der Waals surface area (Å²) >= 11 is 0. The quantitative estimate of drug-likeness (QED) is 0.798. The predicted octanol–water partition coefficient (Wildman–Crippen LogP) is 3.70. The van der Waals surface area contributed by atoms with Gasteiger partial charge in [-0.05, 0) is 46.9 Å². The van der Waals surface area contributed by atoms with Crippen molar-refractivity contribution in [2.45, 2.75) is 39.8 Å². The third kappa shape index (κ3) is 4.29. The molecule has 3 rings (SSSR count). The average Bonchev–Trinajstić information content (AvgIpc) is 2.73. The molecule has 1 aromatic carbocycles. The fourth-order valence-electron chi connectivity index (χ4n) is 3.98. The summed E-state index contributed by atoms with van der Waals surface area (Å²) in [6.45, 7) is 12.0. The van der Waals surface area contributed by atoms with Gasteiger partial charge in [0.25, 0.3) is 0 Å². The summed E-state index contributed by atoms with van der Waals surface area (Å²) in [5, 5.41) is 3.25. The third-order valence-corrected chi connectivity index (χ3v) is 6.05. The van der Waals surface area contributed by atoms with Crippen molar-refractivity contribution >= 4 is 17.3 Å². The molecule has 0 saturated carbocycles. The second-order valence-corrected chi connectivity index (χ2v) is 7.81. The number of hydrogen-bond acceptors (Lipinski definition) is 6. The van der Waals surface area contributed by atoms with E-state index in [-0.39, 0.29) is 5.82 Å². The van der Waals surface area contributed by atoms with Crippen molar-refractivity contribution in [2.75, 3.05) is 55.4 Å². The van der Waals surface area contributed by atoms with Gasteiger partial charge in [0.1, 0.15) is 5.82 Å². The minimum absolute atomic E-state index is 0.252. The van der Waals surface area contributed by atoms with E-state index in [4.69, 9.17) is 0 Å². The van der Waals surface area contributed by atoms with Gasteiger partial charge in [-0.1, -0.05) is 0 Å². The van der Waals surface area contributed by atoms with E-state index in [0.29, 0.717) is 29.2 Å². The van der Waals surface area contributed by atoms with Gasteiger partial charge in [-0.25, -0.2) is 14.4 Å². The van der Waals surface area contributed by atoms with E-state index < -0.39 is 0 Å². The van der Waals surface area contributed by atoms with Crippen LogP contribution in [0.1, 0.15) is 27.7 Å². The first-order chi connectivity index (χ1) is 13.9. The summed E-state index contributed by atoms with van der Waals surface area (Å²) in [4.78, 5) is 15.6. The summed E-state index contributed by atoms with van der Waals surface area (Å²) in [7, 11) is 4.03. The van der Waals surface area contributed by atoms with Crippen LogP contribution in [0.3, 0.4) is 0 Å². The highest BCUT2D eigenvalue weighted by molar-refractivity contribution is 5.78. The van der Waals surface area contributed by atoms with Gasteiger partial charge in [0, 0.05) is 68.8 Å². The lowest BCUT2D eigenvalue weighted by molar-refractivity contribution is 0.170. The molecule has 1 saturated heterocycles. The van der Waals surface area contributed by atoms with E-state index in [1.165, 1.54) is 0 Å². The first-order valence-electron chi connectivity index (χ1n) is 10.4. The number of anilines is 3. The number of nitrogens with one attached hydrogen (secondary N) is 1. The number of piperazine rings is 1. The fourth-order valence-corrected chi connectivity index (χ4v) is 3.98. The Morgan fingerprint density at radius 1 is 1.10 bits per heavy atom. The Morgan fingerprint density at radius 3 is 2.21 bits per heavy atom. The minimum Gasteiger partial charge on any atom is -0.386 e. The van der Waals surface area contributed by atoms with Crippen molar-refractivity contribution < 1.29 is 4.39 Å². The van der Waals surface area contributed by atoms with Crippen molar-refractivity contribution in [3.63, 3.8) is 0 Å². The number of aromatic nitrogens is 2. The van der Waals surface area contributed by atoms with Crippen LogP contribution in [0.5, 0.6) is 0 Å². The first-order valence-corrected chi connectivity index (χ1v) is 10.4. The van der Waals surface area contributed by atoms with Crippen molar-refractivity contribution in [1.82, 2.24) is 14.9 Å². The topological polar surface area (TPSA) is 47.5 Å². The Balaban J connectivity index is 1.93. The molecule has 29 heavy (non-hydrogen) atoms. The van der Waals surface area contributed by atoms with Gasteiger partial charge in [0.2, 0.25) is 5.95 Å². The van der Waals surface area contributed by atoms with Gasteiger partial charge in [0.05, 0.1) is 11.4 Å². The van der Waals surface area contributed by atoms with E-state index in [1.807, 2.05) is 13.1 Å². The van der Waals surface area contributed by atoms with E-state index in [2.05, 4.69) is 64.7 Å². The molecule has 1 fully saturated rings. The van der Waals surface area contributed by atoms with Gasteiger partial charge in [-0.15, -0.1) is 0 Å². The van der Waals surface area contributed by atoms with Crippen LogP contribution in [0.2, 0.25) is 0 Å². The van der Waals surface area contributed by atoms with E-state index in [9.17, 15) is 0 Å². The summed E-state index contributed by atoms with van der Waals surface area (Å²) < 4.78 is 15.1. The molecule has 1 aromatic heterocycles. The van der Waals surface area contributed by atoms with Crippen LogP contribution < -0.4 is 15.1 Å². The molecule has 1 aliphatic rings. The smallest absolute Gasteiger partial charge is 0.225 e. The first kappa shape index (κ1) is 21.3. The summed E-state index contributed by atoms with van der Waals surface area (Å²) in [5.74, 6) is 0.419. The molecule has 158 valence electrons. The zero-order valence-electron chi connectivity index (χ0n) is 18.4. The van der Waals surface area contributed by atoms with Crippen LogP contribution in [0.15, 0.2) is 24.5 Å². The lowest BCUT2D eigenvalue weighted by Crippen LogP contribution is -2.55. The van der Waals surface area contributed by atoms with Crippen LogP contribution in [0, 0.1) is 5.82 Å². The molecule has 7 heteroatoms. The van der Waals surface area contributed by atoms with E-state index in [1.54, 1.807) is 18.5 Å². The molecule has 2 aromatic rings. The van der Waals surface area contributed by atoms with Crippen LogP contribution in [-0.4, -0.2) is 67.2 Å². The molecule has 0 bridgehead atoms. The van der Waals surface area contributed by atoms with Crippen LogP contribution in [-0.2, 0) is 0 Å².